The van der Waals surface area contributed by atoms with Crippen LogP contribution in [0.5, 0.6) is 28.7 Å². The minimum absolute atomic E-state index is 0.0469. The Morgan fingerprint density at radius 2 is 1.21 bits per heavy atom. The van der Waals surface area contributed by atoms with Crippen LogP contribution in [0.1, 0.15) is 47.3 Å². The Kier molecular flexibility index (Phi) is 8.22. The summed E-state index contributed by atoms with van der Waals surface area (Å²) in [5.41, 5.74) is 4.47. The Bertz CT molecular complexity index is 1710. The van der Waals surface area contributed by atoms with Crippen molar-refractivity contribution in [3.8, 4) is 28.7 Å². The minimum atomic E-state index is -0.443. The van der Waals surface area contributed by atoms with Crippen LogP contribution in [0.15, 0.2) is 121 Å². The molecule has 7 nitrogen and oxygen atoms in total. The molecule has 2 aliphatic rings. The van der Waals surface area contributed by atoms with E-state index in [1.807, 2.05) is 54.6 Å². The Morgan fingerprint density at radius 1 is 0.674 bits per heavy atom. The fourth-order valence-electron chi connectivity index (χ4n) is 5.43. The van der Waals surface area contributed by atoms with Crippen LogP contribution >= 0.6 is 0 Å². The number of rotatable bonds is 5. The van der Waals surface area contributed by atoms with Crippen molar-refractivity contribution in [2.45, 2.75) is 37.9 Å². The van der Waals surface area contributed by atoms with Gasteiger partial charge in [-0.2, -0.15) is 0 Å². The van der Waals surface area contributed by atoms with Crippen molar-refractivity contribution >= 4 is 5.69 Å². The van der Waals surface area contributed by atoms with Crippen LogP contribution in [-0.2, 0) is 12.8 Å². The highest BCUT2D eigenvalue weighted by atomic mass is 16.6. The van der Waals surface area contributed by atoms with E-state index in [1.54, 1.807) is 36.4 Å². The molecule has 7 heteroatoms. The summed E-state index contributed by atoms with van der Waals surface area (Å²) in [5.74, 6) is 2.84. The second kappa shape index (κ2) is 12.7. The molecule has 0 radical (unpaired) electrons. The lowest BCUT2D eigenvalue weighted by Gasteiger charge is -2.26. The highest BCUT2D eigenvalue weighted by Gasteiger charge is 2.23. The number of ether oxygens (including phenoxy) is 3. The maximum absolute atomic E-state index is 11.1. The number of aryl methyl sites for hydroxylation is 2. The molecule has 7 rings (SSSR count). The van der Waals surface area contributed by atoms with Gasteiger partial charge in [-0.25, -0.2) is 0 Å². The lowest BCUT2D eigenvalue weighted by atomic mass is 9.97. The van der Waals surface area contributed by atoms with Crippen LogP contribution in [0.4, 0.5) is 5.69 Å². The first-order chi connectivity index (χ1) is 21.0. The molecule has 0 fully saturated rings. The van der Waals surface area contributed by atoms with Crippen LogP contribution in [0, 0.1) is 10.1 Å². The van der Waals surface area contributed by atoms with E-state index in [1.165, 1.54) is 17.2 Å². The summed E-state index contributed by atoms with van der Waals surface area (Å²) in [6.07, 6.45) is 3.83. The number of nitro groups is 1. The number of para-hydroxylation sites is 2. The highest BCUT2D eigenvalue weighted by molar-refractivity contribution is 5.50. The second-order valence-electron chi connectivity index (χ2n) is 10.5. The molecule has 0 spiro atoms. The van der Waals surface area contributed by atoms with Crippen molar-refractivity contribution in [1.82, 2.24) is 0 Å². The summed E-state index contributed by atoms with van der Waals surface area (Å²) in [6.45, 7) is 0. The van der Waals surface area contributed by atoms with Gasteiger partial charge in [-0.3, -0.25) is 10.1 Å². The van der Waals surface area contributed by atoms with E-state index in [4.69, 9.17) is 14.2 Å². The Labute approximate surface area is 250 Å². The molecule has 0 amide bonds. The Morgan fingerprint density at radius 3 is 1.81 bits per heavy atom. The summed E-state index contributed by atoms with van der Waals surface area (Å²) in [6, 6.07) is 37.6. The largest absolute Gasteiger partial charge is 0.508 e. The normalized spacial score (nSPS) is 16.7. The predicted molar refractivity (Wildman–Crippen MR) is 164 cm³/mol. The number of nitrogens with zero attached hydrogens (tertiary/aromatic N) is 1. The molecule has 43 heavy (non-hydrogen) atoms. The average Bonchev–Trinajstić information content (AvgIpc) is 3.05. The number of phenols is 1. The van der Waals surface area contributed by atoms with Gasteiger partial charge >= 0.3 is 5.69 Å². The molecule has 1 N–H and O–H groups in total. The zero-order valence-electron chi connectivity index (χ0n) is 23.5. The molecule has 2 heterocycles. The first kappa shape index (κ1) is 27.8. The lowest BCUT2D eigenvalue weighted by molar-refractivity contribution is -0.385. The summed E-state index contributed by atoms with van der Waals surface area (Å²) >= 11 is 0. The van der Waals surface area contributed by atoms with Gasteiger partial charge in [-0.15, -0.1) is 0 Å². The van der Waals surface area contributed by atoms with Crippen molar-refractivity contribution in [2.75, 3.05) is 0 Å². The van der Waals surface area contributed by atoms with Gasteiger partial charge in [0.25, 0.3) is 0 Å². The molecule has 5 aromatic carbocycles. The van der Waals surface area contributed by atoms with E-state index < -0.39 is 4.92 Å². The van der Waals surface area contributed by atoms with E-state index in [0.29, 0.717) is 11.5 Å². The zero-order valence-corrected chi connectivity index (χ0v) is 23.5. The number of hydrogen-bond acceptors (Lipinski definition) is 6. The standard InChI is InChI=1S/C21H17NO4.C15H14O2/c23-22(24)18-8-4-5-9-21(18)25-17-11-13-20-16(14-17)10-12-19(26-20)15-6-2-1-3-7-15;16-13-7-9-15-12(10-13)6-8-14(17-15)11-4-2-1-3-5-11/h1-9,11,13-14,19H,10,12H2;1-5,7,9-10,14,16H,6,8H2. The number of fused-ring (bicyclic) bond motifs is 2. The number of phenolic OH excluding ortho intramolecular Hbond substituents is 1. The van der Waals surface area contributed by atoms with Gasteiger partial charge in [0.2, 0.25) is 5.75 Å². The average molecular weight is 574 g/mol. The molecule has 2 atom stereocenters. The molecule has 0 saturated heterocycles. The molecule has 0 aliphatic carbocycles. The lowest BCUT2D eigenvalue weighted by Crippen LogP contribution is -2.15. The van der Waals surface area contributed by atoms with Gasteiger partial charge in [-0.05, 0) is 90.4 Å². The van der Waals surface area contributed by atoms with Crippen LogP contribution in [-0.4, -0.2) is 10.0 Å². The highest BCUT2D eigenvalue weighted by Crippen LogP contribution is 2.39. The SMILES string of the molecule is O=[N+]([O-])c1ccccc1Oc1ccc2c(c1)CCC(c1ccccc1)O2.Oc1ccc2c(c1)CCC(c1ccccc1)O2. The molecule has 0 saturated carbocycles. The third-order valence-corrected chi connectivity index (χ3v) is 7.60. The van der Waals surface area contributed by atoms with Gasteiger partial charge in [0.05, 0.1) is 4.92 Å². The van der Waals surface area contributed by atoms with Crippen LogP contribution < -0.4 is 14.2 Å². The molecule has 0 aromatic heterocycles. The molecule has 2 aliphatic heterocycles. The minimum Gasteiger partial charge on any atom is -0.508 e. The van der Waals surface area contributed by atoms with E-state index in [2.05, 4.69) is 24.3 Å². The topological polar surface area (TPSA) is 91.1 Å². The third-order valence-electron chi connectivity index (χ3n) is 7.60. The van der Waals surface area contributed by atoms with Gasteiger partial charge in [0, 0.05) is 6.07 Å². The summed E-state index contributed by atoms with van der Waals surface area (Å²) in [5, 5.41) is 20.5. The molecular formula is C36H31NO6. The maximum atomic E-state index is 11.1. The van der Waals surface area contributed by atoms with Gasteiger partial charge in [0.1, 0.15) is 35.2 Å². The van der Waals surface area contributed by atoms with Crippen LogP contribution in [0.3, 0.4) is 0 Å². The summed E-state index contributed by atoms with van der Waals surface area (Å²) in [7, 11) is 0. The number of hydrogen-bond donors (Lipinski definition) is 1. The van der Waals surface area contributed by atoms with Gasteiger partial charge in [0.15, 0.2) is 0 Å². The van der Waals surface area contributed by atoms with E-state index in [-0.39, 0.29) is 23.6 Å². The quantitative estimate of drug-likeness (QED) is 0.167. The molecule has 216 valence electrons. The van der Waals surface area contributed by atoms with Crippen molar-refractivity contribution in [2.24, 2.45) is 0 Å². The van der Waals surface area contributed by atoms with Crippen LogP contribution in [0.2, 0.25) is 0 Å². The Hall–Kier alpha value is -5.30. The number of aromatic hydroxyl groups is 1. The molecular weight excluding hydrogens is 542 g/mol. The fraction of sp³-hybridized carbons (Fsp3) is 0.167. The predicted octanol–water partition coefficient (Wildman–Crippen LogP) is 8.91. The zero-order chi connectivity index (χ0) is 29.6. The second-order valence-corrected chi connectivity index (χ2v) is 10.5. The first-order valence-corrected chi connectivity index (χ1v) is 14.3. The van der Waals surface area contributed by atoms with Gasteiger partial charge < -0.3 is 19.3 Å². The van der Waals surface area contributed by atoms with Crippen molar-refractivity contribution in [1.29, 1.82) is 0 Å². The van der Waals surface area contributed by atoms with Crippen LogP contribution in [0.25, 0.3) is 0 Å². The monoisotopic (exact) mass is 573 g/mol. The van der Waals surface area contributed by atoms with E-state index >= 15 is 0 Å². The number of benzene rings is 5. The maximum Gasteiger partial charge on any atom is 0.311 e. The molecule has 0 bridgehead atoms. The smallest absolute Gasteiger partial charge is 0.311 e. The summed E-state index contributed by atoms with van der Waals surface area (Å²) < 4.78 is 17.8. The molecule has 5 aromatic rings. The first-order valence-electron chi connectivity index (χ1n) is 14.3. The van der Waals surface area contributed by atoms with Gasteiger partial charge in [-0.1, -0.05) is 72.8 Å². The Balaban J connectivity index is 0.000000167. The fourth-order valence-corrected chi connectivity index (χ4v) is 5.43. The molecule has 2 unspecified atom stereocenters. The summed E-state index contributed by atoms with van der Waals surface area (Å²) in [4.78, 5) is 10.7. The third kappa shape index (κ3) is 6.62. The number of nitro benzene ring substituents is 1. The van der Waals surface area contributed by atoms with E-state index in [9.17, 15) is 15.2 Å². The van der Waals surface area contributed by atoms with E-state index in [0.717, 1.165) is 48.3 Å². The van der Waals surface area contributed by atoms with Crippen molar-refractivity contribution in [3.05, 3.63) is 154 Å². The van der Waals surface area contributed by atoms with Crippen molar-refractivity contribution < 1.29 is 24.2 Å². The van der Waals surface area contributed by atoms with Crippen molar-refractivity contribution in [3.63, 3.8) is 0 Å².